The number of sulfonamides is 1. The quantitative estimate of drug-likeness (QED) is 0.723. The summed E-state index contributed by atoms with van der Waals surface area (Å²) in [6.07, 6.45) is 0.478. The van der Waals surface area contributed by atoms with Gasteiger partial charge in [0.25, 0.3) is 0 Å². The summed E-state index contributed by atoms with van der Waals surface area (Å²) in [6, 6.07) is 0. The van der Waals surface area contributed by atoms with E-state index >= 15 is 0 Å². The third-order valence-electron chi connectivity index (χ3n) is 3.15. The van der Waals surface area contributed by atoms with E-state index in [4.69, 9.17) is 5.11 Å². The largest absolute Gasteiger partial charge is 0.481 e. The molecule has 0 amide bonds. The molecule has 1 aliphatic heterocycles. The number of aliphatic hydroxyl groups excluding tert-OH is 1. The normalized spacial score (nSPS) is 21.3. The first-order valence-electron chi connectivity index (χ1n) is 5.70. The third-order valence-corrected chi connectivity index (χ3v) is 5.02. The molecule has 1 atom stereocenters. The second-order valence-corrected chi connectivity index (χ2v) is 6.53. The predicted octanol–water partition coefficient (Wildman–Crippen LogP) is -0.116. The lowest BCUT2D eigenvalue weighted by Crippen LogP contribution is -2.42. The molecule has 0 spiro atoms. The van der Waals surface area contributed by atoms with Crippen molar-refractivity contribution in [2.75, 3.05) is 18.8 Å². The highest BCUT2D eigenvalue weighted by molar-refractivity contribution is 7.89. The van der Waals surface area contributed by atoms with Crippen LogP contribution in [0, 0.1) is 5.92 Å². The minimum absolute atomic E-state index is 0.140. The molecule has 100 valence electrons. The zero-order chi connectivity index (χ0) is 13.1. The Labute approximate surface area is 101 Å². The number of carboxylic acids is 1. The molecule has 2 N–H and O–H groups in total. The van der Waals surface area contributed by atoms with Crippen LogP contribution in [0.1, 0.15) is 26.2 Å². The summed E-state index contributed by atoms with van der Waals surface area (Å²) in [5.74, 6) is -1.31. The molecule has 6 nitrogen and oxygen atoms in total. The van der Waals surface area contributed by atoms with Crippen LogP contribution < -0.4 is 0 Å². The van der Waals surface area contributed by atoms with Gasteiger partial charge in [-0.25, -0.2) is 12.7 Å². The van der Waals surface area contributed by atoms with E-state index in [1.165, 1.54) is 4.31 Å². The number of hydrogen-bond acceptors (Lipinski definition) is 4. The fraction of sp³-hybridized carbons (Fsp3) is 0.900. The summed E-state index contributed by atoms with van der Waals surface area (Å²) in [5, 5.41) is 17.9. The van der Waals surface area contributed by atoms with E-state index in [-0.39, 0.29) is 18.1 Å². The van der Waals surface area contributed by atoms with E-state index in [9.17, 15) is 18.3 Å². The number of carbonyl (C=O) groups is 1. The second kappa shape index (κ2) is 5.79. The van der Waals surface area contributed by atoms with Gasteiger partial charge in [-0.2, -0.15) is 0 Å². The van der Waals surface area contributed by atoms with Crippen LogP contribution >= 0.6 is 0 Å². The molecule has 1 aliphatic rings. The monoisotopic (exact) mass is 265 g/mol. The number of carboxylic acid groups (broad SMARTS) is 1. The molecule has 0 saturated carbocycles. The molecule has 0 bridgehead atoms. The van der Waals surface area contributed by atoms with E-state index in [0.717, 1.165) is 0 Å². The number of rotatable bonds is 5. The SMILES string of the molecule is CC(O)C1CCN(S(=O)(=O)CCC(=O)O)CC1. The summed E-state index contributed by atoms with van der Waals surface area (Å²) in [4.78, 5) is 10.4. The van der Waals surface area contributed by atoms with Crippen LogP contribution in [0.5, 0.6) is 0 Å². The van der Waals surface area contributed by atoms with Crippen molar-refractivity contribution in [3.8, 4) is 0 Å². The molecule has 0 aliphatic carbocycles. The minimum atomic E-state index is -3.46. The van der Waals surface area contributed by atoms with Gasteiger partial charge in [0.15, 0.2) is 0 Å². The van der Waals surface area contributed by atoms with Crippen molar-refractivity contribution in [3.05, 3.63) is 0 Å². The number of hydrogen-bond donors (Lipinski definition) is 2. The first-order chi connectivity index (χ1) is 7.83. The van der Waals surface area contributed by atoms with Crippen LogP contribution in [-0.2, 0) is 14.8 Å². The molecular weight excluding hydrogens is 246 g/mol. The maximum absolute atomic E-state index is 11.8. The average molecular weight is 265 g/mol. The maximum atomic E-state index is 11.8. The van der Waals surface area contributed by atoms with Crippen molar-refractivity contribution in [1.29, 1.82) is 0 Å². The van der Waals surface area contributed by atoms with E-state index < -0.39 is 22.1 Å². The average Bonchev–Trinajstić information content (AvgIpc) is 2.27. The van der Waals surface area contributed by atoms with Gasteiger partial charge in [-0.3, -0.25) is 4.79 Å². The Morgan fingerprint density at radius 2 is 1.94 bits per heavy atom. The van der Waals surface area contributed by atoms with Gasteiger partial charge in [0.05, 0.1) is 18.3 Å². The molecule has 1 heterocycles. The van der Waals surface area contributed by atoms with Crippen molar-refractivity contribution < 1.29 is 23.4 Å². The summed E-state index contributed by atoms with van der Waals surface area (Å²) < 4.78 is 24.9. The summed E-state index contributed by atoms with van der Waals surface area (Å²) in [7, 11) is -3.46. The van der Waals surface area contributed by atoms with Crippen LogP contribution in [0.3, 0.4) is 0 Å². The van der Waals surface area contributed by atoms with E-state index in [0.29, 0.717) is 25.9 Å². The highest BCUT2D eigenvalue weighted by Gasteiger charge is 2.29. The highest BCUT2D eigenvalue weighted by Crippen LogP contribution is 2.22. The Morgan fingerprint density at radius 3 is 2.35 bits per heavy atom. The van der Waals surface area contributed by atoms with Gasteiger partial charge in [-0.1, -0.05) is 0 Å². The smallest absolute Gasteiger partial charge is 0.304 e. The first kappa shape index (κ1) is 14.4. The van der Waals surface area contributed by atoms with Gasteiger partial charge in [0, 0.05) is 13.1 Å². The molecule has 0 aromatic rings. The van der Waals surface area contributed by atoms with Crippen molar-refractivity contribution in [2.24, 2.45) is 5.92 Å². The van der Waals surface area contributed by atoms with Gasteiger partial charge in [0.2, 0.25) is 10.0 Å². The Morgan fingerprint density at radius 1 is 1.41 bits per heavy atom. The van der Waals surface area contributed by atoms with Gasteiger partial charge in [-0.05, 0) is 25.7 Å². The van der Waals surface area contributed by atoms with E-state index in [1.807, 2.05) is 0 Å². The maximum Gasteiger partial charge on any atom is 0.304 e. The van der Waals surface area contributed by atoms with Gasteiger partial charge >= 0.3 is 5.97 Å². The molecule has 1 unspecified atom stereocenters. The summed E-state index contributed by atoms with van der Waals surface area (Å²) in [5.41, 5.74) is 0. The molecule has 17 heavy (non-hydrogen) atoms. The topological polar surface area (TPSA) is 94.9 Å². The van der Waals surface area contributed by atoms with Gasteiger partial charge in [-0.15, -0.1) is 0 Å². The lowest BCUT2D eigenvalue weighted by molar-refractivity contribution is -0.136. The number of aliphatic carboxylic acids is 1. The Bertz CT molecular complexity index is 357. The number of aliphatic hydroxyl groups is 1. The number of piperidine rings is 1. The van der Waals surface area contributed by atoms with Crippen LogP contribution in [0.4, 0.5) is 0 Å². The van der Waals surface area contributed by atoms with Crippen LogP contribution in [-0.4, -0.2) is 53.9 Å². The minimum Gasteiger partial charge on any atom is -0.481 e. The summed E-state index contributed by atoms with van der Waals surface area (Å²) in [6.45, 7) is 2.45. The fourth-order valence-corrected chi connectivity index (χ4v) is 3.44. The fourth-order valence-electron chi connectivity index (χ4n) is 1.98. The molecule has 1 fully saturated rings. The lowest BCUT2D eigenvalue weighted by Gasteiger charge is -2.32. The molecule has 0 radical (unpaired) electrons. The second-order valence-electron chi connectivity index (χ2n) is 4.44. The first-order valence-corrected chi connectivity index (χ1v) is 7.31. The van der Waals surface area contributed by atoms with Gasteiger partial charge in [0.1, 0.15) is 0 Å². The van der Waals surface area contributed by atoms with Crippen LogP contribution in [0.15, 0.2) is 0 Å². The van der Waals surface area contributed by atoms with Crippen molar-refractivity contribution >= 4 is 16.0 Å². The van der Waals surface area contributed by atoms with Crippen molar-refractivity contribution in [1.82, 2.24) is 4.31 Å². The molecule has 0 aromatic carbocycles. The van der Waals surface area contributed by atoms with Crippen LogP contribution in [0.25, 0.3) is 0 Å². The predicted molar refractivity (Wildman–Crippen MR) is 62.0 cm³/mol. The Hall–Kier alpha value is -0.660. The molecule has 0 aromatic heterocycles. The summed E-state index contributed by atoms with van der Waals surface area (Å²) >= 11 is 0. The molecular formula is C10H19NO5S. The molecule has 1 saturated heterocycles. The number of nitrogens with zero attached hydrogens (tertiary/aromatic N) is 1. The van der Waals surface area contributed by atoms with E-state index in [2.05, 4.69) is 0 Å². The Kier molecular flexibility index (Phi) is 4.91. The highest BCUT2D eigenvalue weighted by atomic mass is 32.2. The standard InChI is InChI=1S/C10H19NO5S/c1-8(12)9-2-5-11(6-3-9)17(15,16)7-4-10(13)14/h8-9,12H,2-7H2,1H3,(H,13,14). The van der Waals surface area contributed by atoms with Crippen LogP contribution in [0.2, 0.25) is 0 Å². The van der Waals surface area contributed by atoms with Crippen molar-refractivity contribution in [2.45, 2.75) is 32.3 Å². The molecule has 7 heteroatoms. The lowest BCUT2D eigenvalue weighted by atomic mass is 9.93. The third kappa shape index (κ3) is 4.25. The zero-order valence-electron chi connectivity index (χ0n) is 9.87. The zero-order valence-corrected chi connectivity index (χ0v) is 10.7. The van der Waals surface area contributed by atoms with Crippen molar-refractivity contribution in [3.63, 3.8) is 0 Å². The van der Waals surface area contributed by atoms with E-state index in [1.54, 1.807) is 6.92 Å². The molecule has 1 rings (SSSR count). The van der Waals surface area contributed by atoms with Gasteiger partial charge < -0.3 is 10.2 Å². The Balaban J connectivity index is 2.50.